The van der Waals surface area contributed by atoms with Crippen molar-refractivity contribution in [1.29, 1.82) is 5.26 Å². The first-order valence-corrected chi connectivity index (χ1v) is 7.00. The summed E-state index contributed by atoms with van der Waals surface area (Å²) in [6.07, 6.45) is 0. The highest BCUT2D eigenvalue weighted by atomic mass is 35.5. The molecule has 104 valence electrons. The summed E-state index contributed by atoms with van der Waals surface area (Å²) in [6, 6.07) is 9.67. The molecule has 0 saturated heterocycles. The van der Waals surface area contributed by atoms with Gasteiger partial charge in [0.05, 0.1) is 12.2 Å². The van der Waals surface area contributed by atoms with Crippen molar-refractivity contribution in [2.45, 2.75) is 32.7 Å². The van der Waals surface area contributed by atoms with E-state index in [4.69, 9.17) is 23.2 Å². The summed E-state index contributed by atoms with van der Waals surface area (Å²) in [6.45, 7) is 6.47. The molecule has 5 heteroatoms. The third-order valence-corrected chi connectivity index (χ3v) is 3.74. The van der Waals surface area contributed by atoms with E-state index in [1.54, 1.807) is 4.68 Å². The summed E-state index contributed by atoms with van der Waals surface area (Å²) in [5.74, 6) is 0. The van der Waals surface area contributed by atoms with Gasteiger partial charge in [-0.3, -0.25) is 0 Å². The van der Waals surface area contributed by atoms with Crippen LogP contribution >= 0.6 is 23.2 Å². The Kier molecular flexibility index (Phi) is 4.08. The van der Waals surface area contributed by atoms with Gasteiger partial charge in [0.15, 0.2) is 0 Å². The van der Waals surface area contributed by atoms with E-state index in [-0.39, 0.29) is 5.41 Å². The number of halogens is 2. The van der Waals surface area contributed by atoms with Crippen LogP contribution in [0.15, 0.2) is 24.3 Å². The van der Waals surface area contributed by atoms with Crippen LogP contribution in [0, 0.1) is 11.3 Å². The van der Waals surface area contributed by atoms with Crippen molar-refractivity contribution >= 4 is 23.2 Å². The highest BCUT2D eigenvalue weighted by molar-refractivity contribution is 6.31. The van der Waals surface area contributed by atoms with E-state index in [0.717, 1.165) is 5.56 Å². The normalized spacial score (nSPS) is 11.4. The zero-order chi connectivity index (χ0) is 14.9. The quantitative estimate of drug-likeness (QED) is 0.824. The summed E-state index contributed by atoms with van der Waals surface area (Å²) >= 11 is 12.4. The van der Waals surface area contributed by atoms with Gasteiger partial charge in [-0.15, -0.1) is 0 Å². The molecular weight excluding hydrogens is 293 g/mol. The van der Waals surface area contributed by atoms with Gasteiger partial charge in [-0.1, -0.05) is 62.2 Å². The summed E-state index contributed by atoms with van der Waals surface area (Å²) in [5.41, 5.74) is 1.83. The van der Waals surface area contributed by atoms with Crippen LogP contribution in [0.4, 0.5) is 0 Å². The summed E-state index contributed by atoms with van der Waals surface area (Å²) in [4.78, 5) is 0. The van der Waals surface area contributed by atoms with Crippen LogP contribution in [0.2, 0.25) is 10.2 Å². The second kappa shape index (κ2) is 5.47. The van der Waals surface area contributed by atoms with Gasteiger partial charge in [0.1, 0.15) is 16.8 Å². The fourth-order valence-electron chi connectivity index (χ4n) is 1.96. The lowest BCUT2D eigenvalue weighted by Crippen LogP contribution is -2.14. The average molecular weight is 308 g/mol. The van der Waals surface area contributed by atoms with Crippen molar-refractivity contribution in [3.8, 4) is 6.07 Å². The first-order valence-electron chi connectivity index (χ1n) is 6.25. The number of rotatable bonds is 2. The molecule has 2 aromatic rings. The Morgan fingerprint density at radius 3 is 2.40 bits per heavy atom. The zero-order valence-electron chi connectivity index (χ0n) is 11.6. The highest BCUT2D eigenvalue weighted by Gasteiger charge is 2.26. The van der Waals surface area contributed by atoms with Crippen molar-refractivity contribution in [3.63, 3.8) is 0 Å². The van der Waals surface area contributed by atoms with Crippen LogP contribution in [0.3, 0.4) is 0 Å². The van der Waals surface area contributed by atoms with Crippen LogP contribution in [0.1, 0.15) is 37.6 Å². The summed E-state index contributed by atoms with van der Waals surface area (Å²) in [7, 11) is 0. The molecule has 0 N–H and O–H groups in total. The van der Waals surface area contributed by atoms with E-state index < -0.39 is 0 Å². The molecule has 0 atom stereocenters. The molecule has 0 aliphatic carbocycles. The molecule has 0 saturated carbocycles. The average Bonchev–Trinajstić information content (AvgIpc) is 2.69. The topological polar surface area (TPSA) is 41.6 Å². The molecule has 0 amide bonds. The van der Waals surface area contributed by atoms with E-state index in [0.29, 0.717) is 28.0 Å². The number of hydrogen-bond donors (Lipinski definition) is 0. The number of nitrogens with zero attached hydrogens (tertiary/aromatic N) is 3. The molecule has 1 aromatic heterocycles. The van der Waals surface area contributed by atoms with Gasteiger partial charge in [-0.2, -0.15) is 10.4 Å². The van der Waals surface area contributed by atoms with Crippen molar-refractivity contribution in [2.24, 2.45) is 0 Å². The minimum Gasteiger partial charge on any atom is -0.248 e. The second-order valence-corrected chi connectivity index (χ2v) is 6.39. The van der Waals surface area contributed by atoms with Crippen molar-refractivity contribution < 1.29 is 0 Å². The van der Waals surface area contributed by atoms with Crippen LogP contribution in [0.25, 0.3) is 0 Å². The first-order chi connectivity index (χ1) is 9.34. The molecule has 0 aliphatic rings. The molecule has 0 aliphatic heterocycles. The molecule has 0 spiro atoms. The minimum atomic E-state index is -0.236. The van der Waals surface area contributed by atoms with E-state index in [1.807, 2.05) is 45.0 Å². The second-order valence-electron chi connectivity index (χ2n) is 5.63. The molecule has 1 heterocycles. The first kappa shape index (κ1) is 14.9. The molecule has 0 radical (unpaired) electrons. The van der Waals surface area contributed by atoms with E-state index in [1.165, 1.54) is 0 Å². The van der Waals surface area contributed by atoms with Crippen molar-refractivity contribution in [3.05, 3.63) is 51.3 Å². The monoisotopic (exact) mass is 307 g/mol. The van der Waals surface area contributed by atoms with E-state index >= 15 is 0 Å². The lowest BCUT2D eigenvalue weighted by atomic mass is 9.90. The number of aromatic nitrogens is 2. The lowest BCUT2D eigenvalue weighted by Gasteiger charge is -2.15. The number of benzene rings is 1. The Labute approximate surface area is 128 Å². The van der Waals surface area contributed by atoms with Gasteiger partial charge in [-0.05, 0) is 11.6 Å². The molecule has 20 heavy (non-hydrogen) atoms. The molecule has 0 fully saturated rings. The van der Waals surface area contributed by atoms with Crippen LogP contribution in [-0.4, -0.2) is 9.78 Å². The maximum Gasteiger partial charge on any atom is 0.145 e. The fraction of sp³-hybridized carbons (Fsp3) is 0.333. The lowest BCUT2D eigenvalue weighted by molar-refractivity contribution is 0.544. The smallest absolute Gasteiger partial charge is 0.145 e. The Morgan fingerprint density at radius 2 is 1.90 bits per heavy atom. The van der Waals surface area contributed by atoms with Crippen LogP contribution < -0.4 is 0 Å². The van der Waals surface area contributed by atoms with Crippen LogP contribution in [0.5, 0.6) is 0 Å². The van der Waals surface area contributed by atoms with Crippen molar-refractivity contribution in [1.82, 2.24) is 9.78 Å². The van der Waals surface area contributed by atoms with E-state index in [9.17, 15) is 5.26 Å². The fourth-order valence-corrected chi connectivity index (χ4v) is 2.38. The minimum absolute atomic E-state index is 0.236. The molecule has 2 rings (SSSR count). The molecule has 1 aromatic carbocycles. The summed E-state index contributed by atoms with van der Waals surface area (Å²) < 4.78 is 1.63. The van der Waals surface area contributed by atoms with E-state index in [2.05, 4.69) is 11.2 Å². The van der Waals surface area contributed by atoms with Gasteiger partial charge in [0.2, 0.25) is 0 Å². The predicted octanol–water partition coefficient (Wildman–Crippen LogP) is 4.41. The maximum atomic E-state index is 9.28. The number of hydrogen-bond acceptors (Lipinski definition) is 2. The summed E-state index contributed by atoms with van der Waals surface area (Å²) in [5, 5.41) is 14.8. The molecule has 0 unspecified atom stereocenters. The predicted molar refractivity (Wildman–Crippen MR) is 81.2 cm³/mol. The third-order valence-electron chi connectivity index (χ3n) is 2.99. The largest absolute Gasteiger partial charge is 0.248 e. The van der Waals surface area contributed by atoms with Gasteiger partial charge >= 0.3 is 0 Å². The molecule has 3 nitrogen and oxygen atoms in total. The molecule has 0 bridgehead atoms. The van der Waals surface area contributed by atoms with Gasteiger partial charge in [0.25, 0.3) is 0 Å². The Hall–Kier alpha value is -1.50. The molecular formula is C15H15Cl2N3. The highest BCUT2D eigenvalue weighted by Crippen LogP contribution is 2.30. The number of nitriles is 1. The van der Waals surface area contributed by atoms with Gasteiger partial charge in [0, 0.05) is 10.4 Å². The van der Waals surface area contributed by atoms with Crippen molar-refractivity contribution in [2.75, 3.05) is 0 Å². The Balaban J connectivity index is 2.47. The third kappa shape index (κ3) is 2.82. The SMILES string of the molecule is CC(C)(C)c1nn(Cc2ccccc2Cl)c(Cl)c1C#N. The maximum absolute atomic E-state index is 9.28. The standard InChI is InChI=1S/C15H15Cl2N3/c1-15(2,3)13-11(8-18)14(17)20(19-13)9-10-6-4-5-7-12(10)16/h4-7H,9H2,1-3H3. The van der Waals surface area contributed by atoms with Gasteiger partial charge in [-0.25, -0.2) is 4.68 Å². The van der Waals surface area contributed by atoms with Crippen LogP contribution in [-0.2, 0) is 12.0 Å². The Morgan fingerprint density at radius 1 is 1.25 bits per heavy atom. The Bertz CT molecular complexity index is 675. The zero-order valence-corrected chi connectivity index (χ0v) is 13.1. The van der Waals surface area contributed by atoms with Gasteiger partial charge < -0.3 is 0 Å².